The highest BCUT2D eigenvalue weighted by atomic mass is 16.4. The molecule has 0 fully saturated rings. The molecule has 6 nitrogen and oxygen atoms in total. The van der Waals surface area contributed by atoms with Crippen LogP contribution in [-0.2, 0) is 4.79 Å². The van der Waals surface area contributed by atoms with Gasteiger partial charge in [0.05, 0.1) is 5.69 Å². The van der Waals surface area contributed by atoms with Crippen molar-refractivity contribution >= 4 is 17.3 Å². The highest BCUT2D eigenvalue weighted by molar-refractivity contribution is 5.84. The fourth-order valence-corrected chi connectivity index (χ4v) is 2.15. The van der Waals surface area contributed by atoms with Crippen LogP contribution in [0.15, 0.2) is 18.5 Å². The van der Waals surface area contributed by atoms with Gasteiger partial charge in [-0.2, -0.15) is 5.10 Å². The van der Waals surface area contributed by atoms with Gasteiger partial charge in [0.1, 0.15) is 11.1 Å². The lowest BCUT2D eigenvalue weighted by atomic mass is 9.93. The Morgan fingerprint density at radius 2 is 2.16 bits per heavy atom. The molecule has 0 aliphatic carbocycles. The number of aryl methyl sites for hydroxylation is 1. The zero-order valence-electron chi connectivity index (χ0n) is 11.3. The molecule has 102 valence electrons. The van der Waals surface area contributed by atoms with E-state index in [1.165, 1.54) is 0 Å². The molecule has 0 unspecified atom stereocenters. The number of anilines is 1. The molecule has 0 spiro atoms. The standard InChI is InChI=1S/C13H18N4O2/c1-4-13(5-2,12(18)19)15-11-10-8-9(3)16-17(10)7-6-14-11/h6-8H,4-5H2,1-3H3,(H,14,15)(H,18,19). The fraction of sp³-hybridized carbons (Fsp3) is 0.462. The maximum absolute atomic E-state index is 11.5. The summed E-state index contributed by atoms with van der Waals surface area (Å²) in [5.74, 6) is -0.313. The quantitative estimate of drug-likeness (QED) is 0.862. The number of nitrogens with one attached hydrogen (secondary N) is 1. The molecule has 2 aromatic heterocycles. The second-order valence-corrected chi connectivity index (χ2v) is 4.61. The van der Waals surface area contributed by atoms with Crippen LogP contribution in [0.25, 0.3) is 5.52 Å². The van der Waals surface area contributed by atoms with Crippen LogP contribution in [0, 0.1) is 6.92 Å². The van der Waals surface area contributed by atoms with Crippen LogP contribution >= 0.6 is 0 Å². The van der Waals surface area contributed by atoms with Gasteiger partial charge in [-0.05, 0) is 25.8 Å². The summed E-state index contributed by atoms with van der Waals surface area (Å²) in [4.78, 5) is 15.8. The lowest BCUT2D eigenvalue weighted by Gasteiger charge is -2.28. The Kier molecular flexibility index (Phi) is 3.42. The molecule has 19 heavy (non-hydrogen) atoms. The topological polar surface area (TPSA) is 79.5 Å². The smallest absolute Gasteiger partial charge is 0.329 e. The summed E-state index contributed by atoms with van der Waals surface area (Å²) in [5, 5.41) is 16.8. The Labute approximate surface area is 111 Å². The number of fused-ring (bicyclic) bond motifs is 1. The molecular weight excluding hydrogens is 244 g/mol. The van der Waals surface area contributed by atoms with E-state index in [1.54, 1.807) is 16.9 Å². The summed E-state index contributed by atoms with van der Waals surface area (Å²) in [5.41, 5.74) is 0.657. The monoisotopic (exact) mass is 262 g/mol. The molecule has 2 rings (SSSR count). The SMILES string of the molecule is CCC(CC)(Nc1nccn2nc(C)cc12)C(=O)O. The molecule has 2 aromatic rings. The number of hydrogen-bond acceptors (Lipinski definition) is 4. The highest BCUT2D eigenvalue weighted by Crippen LogP contribution is 2.24. The van der Waals surface area contributed by atoms with E-state index >= 15 is 0 Å². The second-order valence-electron chi connectivity index (χ2n) is 4.61. The van der Waals surface area contributed by atoms with Gasteiger partial charge in [0.15, 0.2) is 5.82 Å². The van der Waals surface area contributed by atoms with Gasteiger partial charge in [0, 0.05) is 12.4 Å². The average Bonchev–Trinajstić information content (AvgIpc) is 2.76. The van der Waals surface area contributed by atoms with Crippen LogP contribution in [0.2, 0.25) is 0 Å². The van der Waals surface area contributed by atoms with E-state index in [-0.39, 0.29) is 0 Å². The van der Waals surface area contributed by atoms with Crippen molar-refractivity contribution in [1.29, 1.82) is 0 Å². The molecule has 2 heterocycles. The van der Waals surface area contributed by atoms with Crippen LogP contribution in [0.5, 0.6) is 0 Å². The number of hydrogen-bond donors (Lipinski definition) is 2. The number of nitrogens with zero attached hydrogens (tertiary/aromatic N) is 3. The molecule has 0 aliphatic heterocycles. The third-order valence-electron chi connectivity index (χ3n) is 3.49. The lowest BCUT2D eigenvalue weighted by Crippen LogP contribution is -2.45. The average molecular weight is 262 g/mol. The van der Waals surface area contributed by atoms with E-state index in [0.29, 0.717) is 18.7 Å². The minimum absolute atomic E-state index is 0.481. The molecule has 0 saturated carbocycles. The van der Waals surface area contributed by atoms with Crippen LogP contribution in [-0.4, -0.2) is 31.2 Å². The number of carboxylic acids is 1. The first-order valence-electron chi connectivity index (χ1n) is 6.35. The summed E-state index contributed by atoms with van der Waals surface area (Å²) in [7, 11) is 0. The summed E-state index contributed by atoms with van der Waals surface area (Å²) in [6, 6.07) is 1.88. The zero-order chi connectivity index (χ0) is 14.0. The van der Waals surface area contributed by atoms with Crippen molar-refractivity contribution in [3.8, 4) is 0 Å². The van der Waals surface area contributed by atoms with Gasteiger partial charge >= 0.3 is 5.97 Å². The van der Waals surface area contributed by atoms with Crippen molar-refractivity contribution in [3.63, 3.8) is 0 Å². The minimum atomic E-state index is -0.993. The van der Waals surface area contributed by atoms with Crippen LogP contribution in [0.1, 0.15) is 32.4 Å². The lowest BCUT2D eigenvalue weighted by molar-refractivity contribution is -0.142. The third-order valence-corrected chi connectivity index (χ3v) is 3.49. The van der Waals surface area contributed by atoms with E-state index < -0.39 is 11.5 Å². The fourth-order valence-electron chi connectivity index (χ4n) is 2.15. The molecule has 0 aliphatic rings. The van der Waals surface area contributed by atoms with Crippen molar-refractivity contribution in [3.05, 3.63) is 24.2 Å². The second kappa shape index (κ2) is 4.87. The van der Waals surface area contributed by atoms with Crippen molar-refractivity contribution in [1.82, 2.24) is 14.6 Å². The number of aliphatic carboxylic acids is 1. The van der Waals surface area contributed by atoms with Gasteiger partial charge in [0.2, 0.25) is 0 Å². The molecule has 0 aromatic carbocycles. The zero-order valence-corrected chi connectivity index (χ0v) is 11.3. The maximum atomic E-state index is 11.5. The Morgan fingerprint density at radius 3 is 2.74 bits per heavy atom. The van der Waals surface area contributed by atoms with E-state index in [9.17, 15) is 9.90 Å². The molecule has 6 heteroatoms. The Bertz CT molecular complexity index is 602. The van der Waals surface area contributed by atoms with E-state index in [2.05, 4.69) is 15.4 Å². The number of carbonyl (C=O) groups is 1. The number of aromatic nitrogens is 3. The normalized spacial score (nSPS) is 11.7. The van der Waals surface area contributed by atoms with Crippen molar-refractivity contribution < 1.29 is 9.90 Å². The van der Waals surface area contributed by atoms with Crippen molar-refractivity contribution in [2.75, 3.05) is 5.32 Å². The van der Waals surface area contributed by atoms with Crippen LogP contribution in [0.3, 0.4) is 0 Å². The maximum Gasteiger partial charge on any atom is 0.329 e. The first-order chi connectivity index (χ1) is 9.02. The molecular formula is C13H18N4O2. The first kappa shape index (κ1) is 13.3. The molecule has 0 bridgehead atoms. The Hall–Kier alpha value is -2.11. The van der Waals surface area contributed by atoms with Crippen molar-refractivity contribution in [2.24, 2.45) is 0 Å². The van der Waals surface area contributed by atoms with Gasteiger partial charge < -0.3 is 10.4 Å². The van der Waals surface area contributed by atoms with Gasteiger partial charge in [-0.1, -0.05) is 13.8 Å². The van der Waals surface area contributed by atoms with Crippen LogP contribution < -0.4 is 5.32 Å². The number of rotatable bonds is 5. The summed E-state index contributed by atoms with van der Waals surface area (Å²) in [6.45, 7) is 5.60. The summed E-state index contributed by atoms with van der Waals surface area (Å²) < 4.78 is 1.70. The number of carboxylic acid groups (broad SMARTS) is 1. The molecule has 0 amide bonds. The Morgan fingerprint density at radius 1 is 1.47 bits per heavy atom. The van der Waals surface area contributed by atoms with E-state index in [4.69, 9.17) is 0 Å². The molecule has 0 radical (unpaired) electrons. The highest BCUT2D eigenvalue weighted by Gasteiger charge is 2.35. The van der Waals surface area contributed by atoms with Gasteiger partial charge in [0.25, 0.3) is 0 Å². The summed E-state index contributed by atoms with van der Waals surface area (Å²) >= 11 is 0. The largest absolute Gasteiger partial charge is 0.480 e. The van der Waals surface area contributed by atoms with Crippen molar-refractivity contribution in [2.45, 2.75) is 39.2 Å². The van der Waals surface area contributed by atoms with Gasteiger partial charge in [-0.25, -0.2) is 14.3 Å². The van der Waals surface area contributed by atoms with E-state index in [0.717, 1.165) is 11.2 Å². The minimum Gasteiger partial charge on any atom is -0.480 e. The third kappa shape index (κ3) is 2.25. The predicted octanol–water partition coefficient (Wildman–Crippen LogP) is 2.09. The molecule has 2 N–H and O–H groups in total. The van der Waals surface area contributed by atoms with Crippen LogP contribution in [0.4, 0.5) is 5.82 Å². The molecule has 0 atom stereocenters. The van der Waals surface area contributed by atoms with E-state index in [1.807, 2.05) is 26.8 Å². The first-order valence-corrected chi connectivity index (χ1v) is 6.35. The molecule has 0 saturated heterocycles. The predicted molar refractivity (Wildman–Crippen MR) is 72.3 cm³/mol. The van der Waals surface area contributed by atoms with Gasteiger partial charge in [-0.15, -0.1) is 0 Å². The Balaban J connectivity index is 2.47. The summed E-state index contributed by atoms with van der Waals surface area (Å²) in [6.07, 6.45) is 4.32. The van der Waals surface area contributed by atoms with Gasteiger partial charge in [-0.3, -0.25) is 0 Å².